The number of nitrogens with one attached hydrogen (secondary N) is 3. The Hall–Kier alpha value is -1.58. The first kappa shape index (κ1) is 87.7. The van der Waals surface area contributed by atoms with Crippen molar-refractivity contribution in [3.05, 3.63) is 35.4 Å². The average Bonchev–Trinajstić information content (AvgIpc) is 3.46. The molecule has 0 atom stereocenters. The van der Waals surface area contributed by atoms with Gasteiger partial charge in [-0.1, -0.05) is 89.0 Å². The zero-order valence-corrected chi connectivity index (χ0v) is 51.4. The molecular formula is C58H142N20. The predicted octanol–water partition coefficient (Wildman–Crippen LogP) is 2.09. The number of hydrogen-bond acceptors (Lipinski definition) is 20. The van der Waals surface area contributed by atoms with Gasteiger partial charge in [0, 0.05) is 19.8 Å². The third kappa shape index (κ3) is 90.9. The summed E-state index contributed by atoms with van der Waals surface area (Å²) in [6, 6.07) is 8.00. The molecule has 0 amide bonds. The van der Waals surface area contributed by atoms with Crippen molar-refractivity contribution in [2.75, 3.05) is 157 Å². The summed E-state index contributed by atoms with van der Waals surface area (Å²) in [5.41, 5.74) is 82.1. The number of unbranched alkanes of at least 4 members (excludes halogenated alkanes) is 13. The second kappa shape index (κ2) is 89.2. The van der Waals surface area contributed by atoms with Crippen LogP contribution in [0, 0.1) is 0 Å². The van der Waals surface area contributed by atoms with Crippen molar-refractivity contribution < 1.29 is 0 Å². The van der Waals surface area contributed by atoms with E-state index in [1.807, 2.05) is 24.3 Å². The Morgan fingerprint density at radius 1 is 0.282 bits per heavy atom. The fourth-order valence-corrected chi connectivity index (χ4v) is 7.36. The molecule has 0 saturated heterocycles. The van der Waals surface area contributed by atoms with Crippen LogP contribution in [-0.2, 0) is 13.1 Å². The third-order valence-electron chi connectivity index (χ3n) is 12.0. The summed E-state index contributed by atoms with van der Waals surface area (Å²) < 4.78 is 0. The smallest absolute Gasteiger partial charge is 0.0403 e. The lowest BCUT2D eigenvalue weighted by molar-refractivity contribution is 0.237. The number of hydrogen-bond donors (Lipinski definition) is 18. The summed E-state index contributed by atoms with van der Waals surface area (Å²) in [4.78, 5) is 5.01. The SMILES string of the molecule is CCCCCCNCCCCCN.NCCCCCCCCNCCCN.NCCCCCN.NCCCN(CCCN)CCCCN(CCCN)CCCN.NCCCNCCCN.NCN.NCc1cccc(CN)c1. The van der Waals surface area contributed by atoms with Gasteiger partial charge in [-0.25, -0.2) is 0 Å². The van der Waals surface area contributed by atoms with Gasteiger partial charge in [0.05, 0.1) is 0 Å². The average molecular weight is 1120 g/mol. The minimum atomic E-state index is 0.250. The van der Waals surface area contributed by atoms with Gasteiger partial charge in [0.25, 0.3) is 0 Å². The highest BCUT2D eigenvalue weighted by Crippen LogP contribution is 2.05. The maximum Gasteiger partial charge on any atom is 0.0403 e. The number of nitrogens with zero attached hydrogens (tertiary/aromatic N) is 2. The quantitative estimate of drug-likeness (QED) is 0.0328. The third-order valence-corrected chi connectivity index (χ3v) is 12.0. The van der Waals surface area contributed by atoms with E-state index in [-0.39, 0.29) is 6.67 Å². The summed E-state index contributed by atoms with van der Waals surface area (Å²) in [6.07, 6.45) is 30.4. The molecule has 0 fully saturated rings. The van der Waals surface area contributed by atoms with Crippen molar-refractivity contribution in [1.82, 2.24) is 25.8 Å². The monoisotopic (exact) mass is 1120 g/mol. The Labute approximate surface area is 483 Å². The first-order valence-corrected chi connectivity index (χ1v) is 31.4. The summed E-state index contributed by atoms with van der Waals surface area (Å²) >= 11 is 0. The Bertz CT molecular complexity index is 997. The normalized spacial score (nSPS) is 10.5. The van der Waals surface area contributed by atoms with Gasteiger partial charge in [0.2, 0.25) is 0 Å². The highest BCUT2D eigenvalue weighted by atomic mass is 15.1. The lowest BCUT2D eigenvalue weighted by atomic mass is 10.1. The van der Waals surface area contributed by atoms with E-state index in [2.05, 4.69) is 44.1 Å². The van der Waals surface area contributed by atoms with Crippen molar-refractivity contribution >= 4 is 0 Å². The van der Waals surface area contributed by atoms with Crippen molar-refractivity contribution in [1.29, 1.82) is 0 Å². The standard InChI is InChI=1S/C16H40N6.C11H27N3.C11H26N2.C8H12N2.C6H17N3.C5H14N2.CH6N2/c17-7-3-13-21(14-4-8-18)11-1-2-12-22(15-5-9-19)16-6-10-20;12-8-5-3-1-2-4-6-10-14-11-7-9-13;1-2-3-4-7-10-13-11-8-5-6-9-12;9-5-7-2-1-3-8(4-7)6-10;7-3-1-5-9-6-2-4-8;6-4-2-1-3-5-7;2-1-3/h1-20H2;14H,1-13H2;13H,2-12H2,1H3;1-4H,5-6,9-10H2;9H,1-8H2;1-7H2;1-3H2. The molecule has 0 radical (unpaired) electrons. The van der Waals surface area contributed by atoms with E-state index in [0.29, 0.717) is 13.1 Å². The minimum absolute atomic E-state index is 0.250. The molecular weight excluding hydrogens is 977 g/mol. The summed E-state index contributed by atoms with van der Waals surface area (Å²) in [5.74, 6) is 0. The lowest BCUT2D eigenvalue weighted by Gasteiger charge is -2.24. The van der Waals surface area contributed by atoms with Crippen LogP contribution in [0.4, 0.5) is 0 Å². The van der Waals surface area contributed by atoms with Crippen molar-refractivity contribution in [3.8, 4) is 0 Å². The maximum atomic E-state index is 5.61. The topological polar surface area (TPSA) is 433 Å². The molecule has 0 aliphatic rings. The van der Waals surface area contributed by atoms with Crippen LogP contribution in [0.25, 0.3) is 0 Å². The molecule has 33 N–H and O–H groups in total. The Morgan fingerprint density at radius 2 is 0.513 bits per heavy atom. The molecule has 0 aliphatic heterocycles. The van der Waals surface area contributed by atoms with E-state index in [9.17, 15) is 0 Å². The lowest BCUT2D eigenvalue weighted by Crippen LogP contribution is -2.32. The van der Waals surface area contributed by atoms with Crippen LogP contribution in [0.5, 0.6) is 0 Å². The first-order valence-electron chi connectivity index (χ1n) is 31.4. The van der Waals surface area contributed by atoms with Gasteiger partial charge in [-0.15, -0.1) is 0 Å². The molecule has 0 aromatic heterocycles. The molecule has 1 rings (SSSR count). The van der Waals surface area contributed by atoms with E-state index < -0.39 is 0 Å². The van der Waals surface area contributed by atoms with Crippen LogP contribution in [0.2, 0.25) is 0 Å². The summed E-state index contributed by atoms with van der Waals surface area (Å²) in [5, 5.41) is 10.1. The van der Waals surface area contributed by atoms with Gasteiger partial charge in [-0.2, -0.15) is 0 Å². The van der Waals surface area contributed by atoms with Gasteiger partial charge in [0.15, 0.2) is 0 Å². The van der Waals surface area contributed by atoms with E-state index in [1.165, 1.54) is 116 Å². The first-order chi connectivity index (χ1) is 38.2. The van der Waals surface area contributed by atoms with Crippen LogP contribution in [0.3, 0.4) is 0 Å². The van der Waals surface area contributed by atoms with E-state index in [4.69, 9.17) is 74.5 Å². The number of rotatable bonds is 50. The van der Waals surface area contributed by atoms with Gasteiger partial charge < -0.3 is 112 Å². The summed E-state index contributed by atoms with van der Waals surface area (Å²) in [6.45, 7) is 25.7. The Balaban J connectivity index is -0.000000205. The summed E-state index contributed by atoms with van der Waals surface area (Å²) in [7, 11) is 0. The largest absolute Gasteiger partial charge is 0.330 e. The molecule has 0 spiro atoms. The molecule has 0 saturated carbocycles. The number of nitrogens with two attached hydrogens (primary N) is 15. The fourth-order valence-electron chi connectivity index (χ4n) is 7.36. The molecule has 474 valence electrons. The highest BCUT2D eigenvalue weighted by molar-refractivity contribution is 5.22. The van der Waals surface area contributed by atoms with E-state index in [0.717, 1.165) is 206 Å². The minimum Gasteiger partial charge on any atom is -0.330 e. The maximum absolute atomic E-state index is 5.61. The van der Waals surface area contributed by atoms with Gasteiger partial charge in [-0.3, -0.25) is 0 Å². The predicted molar refractivity (Wildman–Crippen MR) is 348 cm³/mol. The van der Waals surface area contributed by atoms with Crippen LogP contribution in [0.1, 0.15) is 179 Å². The zero-order valence-electron chi connectivity index (χ0n) is 51.4. The van der Waals surface area contributed by atoms with Gasteiger partial charge in [0.1, 0.15) is 0 Å². The van der Waals surface area contributed by atoms with Crippen LogP contribution < -0.4 is 102 Å². The fraction of sp³-hybridized carbons (Fsp3) is 0.897. The van der Waals surface area contributed by atoms with Crippen LogP contribution in [0.15, 0.2) is 24.3 Å². The van der Waals surface area contributed by atoms with Crippen LogP contribution >= 0.6 is 0 Å². The molecule has 20 nitrogen and oxygen atoms in total. The molecule has 78 heavy (non-hydrogen) atoms. The Morgan fingerprint density at radius 3 is 0.795 bits per heavy atom. The van der Waals surface area contributed by atoms with E-state index >= 15 is 0 Å². The Kier molecular flexibility index (Phi) is 100. The molecule has 0 bridgehead atoms. The number of benzene rings is 1. The van der Waals surface area contributed by atoms with Gasteiger partial charge in [-0.05, 0) is 264 Å². The van der Waals surface area contributed by atoms with E-state index in [1.54, 1.807) is 0 Å². The van der Waals surface area contributed by atoms with Crippen LogP contribution in [-0.4, -0.2) is 167 Å². The molecule has 0 unspecified atom stereocenters. The highest BCUT2D eigenvalue weighted by Gasteiger charge is 2.07. The van der Waals surface area contributed by atoms with Crippen molar-refractivity contribution in [3.63, 3.8) is 0 Å². The van der Waals surface area contributed by atoms with Crippen molar-refractivity contribution in [2.24, 2.45) is 86.0 Å². The molecule has 0 aliphatic carbocycles. The molecule has 20 heteroatoms. The van der Waals surface area contributed by atoms with Crippen molar-refractivity contribution in [2.45, 2.75) is 181 Å². The molecule has 1 aromatic carbocycles. The second-order valence-corrected chi connectivity index (χ2v) is 19.6. The molecule has 1 aromatic rings. The zero-order chi connectivity index (χ0) is 59.3. The van der Waals surface area contributed by atoms with Gasteiger partial charge >= 0.3 is 0 Å². The second-order valence-electron chi connectivity index (χ2n) is 19.6. The molecule has 0 heterocycles.